The molecule has 0 atom stereocenters. The summed E-state index contributed by atoms with van der Waals surface area (Å²) in [5.74, 6) is 0.0432. The third-order valence-corrected chi connectivity index (χ3v) is 4.31. The molecular weight excluding hydrogens is 354 g/mol. The van der Waals surface area contributed by atoms with Crippen molar-refractivity contribution < 1.29 is 18.7 Å². The summed E-state index contributed by atoms with van der Waals surface area (Å²) in [6, 6.07) is 10.7. The van der Waals surface area contributed by atoms with Gasteiger partial charge in [0, 0.05) is 10.9 Å². The third-order valence-electron chi connectivity index (χ3n) is 3.37. The lowest BCUT2D eigenvalue weighted by atomic mass is 10.2. The lowest BCUT2D eigenvalue weighted by molar-refractivity contribution is -0.121. The Kier molecular flexibility index (Phi) is 5.65. The van der Waals surface area contributed by atoms with Crippen molar-refractivity contribution in [1.82, 2.24) is 15.8 Å². The standard InChI is InChI=1S/C18H17N3O4S/c1-2-24-14-7-5-12(6-8-14)18-19-13(11-26-18)10-16(22)20-21-17(23)15-4-3-9-25-15/h3-9,11H,2,10H2,1H3,(H,20,22)(H,21,23). The highest BCUT2D eigenvalue weighted by atomic mass is 32.1. The molecule has 1 aromatic carbocycles. The number of nitrogens with zero attached hydrogens (tertiary/aromatic N) is 1. The van der Waals surface area contributed by atoms with Gasteiger partial charge in [-0.15, -0.1) is 11.3 Å². The molecule has 0 bridgehead atoms. The summed E-state index contributed by atoms with van der Waals surface area (Å²) in [5.41, 5.74) is 6.21. The molecule has 0 aliphatic rings. The van der Waals surface area contributed by atoms with E-state index in [4.69, 9.17) is 9.15 Å². The van der Waals surface area contributed by atoms with Crippen molar-refractivity contribution in [3.8, 4) is 16.3 Å². The van der Waals surface area contributed by atoms with Crippen LogP contribution in [0.5, 0.6) is 5.75 Å². The number of amides is 2. The van der Waals surface area contributed by atoms with E-state index < -0.39 is 5.91 Å². The maximum absolute atomic E-state index is 11.9. The van der Waals surface area contributed by atoms with Crippen LogP contribution in [0, 0.1) is 0 Å². The second-order valence-corrected chi connectivity index (χ2v) is 6.12. The topological polar surface area (TPSA) is 93.5 Å². The monoisotopic (exact) mass is 371 g/mol. The van der Waals surface area contributed by atoms with Gasteiger partial charge in [0.05, 0.1) is 25.0 Å². The number of thiazole rings is 1. The Balaban J connectivity index is 1.54. The van der Waals surface area contributed by atoms with E-state index in [2.05, 4.69) is 15.8 Å². The average molecular weight is 371 g/mol. The van der Waals surface area contributed by atoms with E-state index in [-0.39, 0.29) is 18.1 Å². The van der Waals surface area contributed by atoms with Gasteiger partial charge in [0.25, 0.3) is 0 Å². The van der Waals surface area contributed by atoms with Gasteiger partial charge in [-0.1, -0.05) is 0 Å². The number of benzene rings is 1. The number of hydrazine groups is 1. The number of furan rings is 1. The Morgan fingerprint density at radius 2 is 2.00 bits per heavy atom. The molecule has 3 rings (SSSR count). The number of hydrogen-bond donors (Lipinski definition) is 2. The Morgan fingerprint density at radius 3 is 2.69 bits per heavy atom. The molecule has 2 N–H and O–H groups in total. The highest BCUT2D eigenvalue weighted by Crippen LogP contribution is 2.25. The highest BCUT2D eigenvalue weighted by molar-refractivity contribution is 7.13. The summed E-state index contributed by atoms with van der Waals surface area (Å²) in [4.78, 5) is 28.1. The maximum Gasteiger partial charge on any atom is 0.305 e. The molecule has 7 nitrogen and oxygen atoms in total. The summed E-state index contributed by atoms with van der Waals surface area (Å²) >= 11 is 1.45. The fourth-order valence-electron chi connectivity index (χ4n) is 2.19. The van der Waals surface area contributed by atoms with E-state index in [1.807, 2.05) is 36.6 Å². The first-order chi connectivity index (χ1) is 12.7. The fraction of sp³-hybridized carbons (Fsp3) is 0.167. The first-order valence-electron chi connectivity index (χ1n) is 7.96. The number of rotatable bonds is 6. The number of carbonyl (C=O) groups is 2. The summed E-state index contributed by atoms with van der Waals surface area (Å²) in [6.45, 7) is 2.55. The molecule has 0 aliphatic carbocycles. The van der Waals surface area contributed by atoms with Gasteiger partial charge in [0.15, 0.2) is 5.76 Å². The number of ether oxygens (including phenoxy) is 1. The van der Waals surface area contributed by atoms with Crippen LogP contribution in [-0.4, -0.2) is 23.4 Å². The predicted octanol–water partition coefficient (Wildman–Crippen LogP) is 2.81. The van der Waals surface area contributed by atoms with E-state index in [0.29, 0.717) is 12.3 Å². The molecule has 26 heavy (non-hydrogen) atoms. The van der Waals surface area contributed by atoms with E-state index >= 15 is 0 Å². The third kappa shape index (κ3) is 4.48. The average Bonchev–Trinajstić information content (AvgIpc) is 3.33. The number of aromatic nitrogens is 1. The largest absolute Gasteiger partial charge is 0.494 e. The van der Waals surface area contributed by atoms with Gasteiger partial charge in [-0.3, -0.25) is 20.4 Å². The Bertz CT molecular complexity index is 872. The van der Waals surface area contributed by atoms with Gasteiger partial charge in [0.2, 0.25) is 5.91 Å². The van der Waals surface area contributed by atoms with Crippen LogP contribution >= 0.6 is 11.3 Å². The molecule has 8 heteroatoms. The lowest BCUT2D eigenvalue weighted by Crippen LogP contribution is -2.42. The molecule has 0 unspecified atom stereocenters. The Labute approximate surface area is 154 Å². The number of nitrogens with one attached hydrogen (secondary N) is 2. The van der Waals surface area contributed by atoms with Crippen molar-refractivity contribution in [2.45, 2.75) is 13.3 Å². The van der Waals surface area contributed by atoms with Crippen molar-refractivity contribution >= 4 is 23.2 Å². The van der Waals surface area contributed by atoms with Crippen molar-refractivity contribution in [3.63, 3.8) is 0 Å². The molecule has 2 aromatic heterocycles. The van der Waals surface area contributed by atoms with Crippen LogP contribution in [0.2, 0.25) is 0 Å². The highest BCUT2D eigenvalue weighted by Gasteiger charge is 2.12. The first kappa shape index (κ1) is 17.7. The summed E-state index contributed by atoms with van der Waals surface area (Å²) < 4.78 is 10.4. The van der Waals surface area contributed by atoms with Crippen molar-refractivity contribution in [2.75, 3.05) is 6.61 Å². The first-order valence-corrected chi connectivity index (χ1v) is 8.84. The molecule has 2 heterocycles. The van der Waals surface area contributed by atoms with E-state index in [0.717, 1.165) is 16.3 Å². The van der Waals surface area contributed by atoms with E-state index in [1.165, 1.54) is 23.7 Å². The zero-order valence-corrected chi connectivity index (χ0v) is 14.8. The molecule has 3 aromatic rings. The Morgan fingerprint density at radius 1 is 1.19 bits per heavy atom. The molecule has 0 saturated heterocycles. The summed E-state index contributed by atoms with van der Waals surface area (Å²) in [7, 11) is 0. The molecule has 0 fully saturated rings. The van der Waals surface area contributed by atoms with Gasteiger partial charge in [-0.25, -0.2) is 4.98 Å². The van der Waals surface area contributed by atoms with Crippen LogP contribution < -0.4 is 15.6 Å². The predicted molar refractivity (Wildman–Crippen MR) is 96.7 cm³/mol. The molecule has 0 aliphatic heterocycles. The lowest BCUT2D eigenvalue weighted by Gasteiger charge is -2.04. The molecule has 0 radical (unpaired) electrons. The molecule has 134 valence electrons. The normalized spacial score (nSPS) is 10.3. The van der Waals surface area contributed by atoms with Gasteiger partial charge >= 0.3 is 5.91 Å². The van der Waals surface area contributed by atoms with Gasteiger partial charge in [-0.2, -0.15) is 0 Å². The maximum atomic E-state index is 11.9. The second-order valence-electron chi connectivity index (χ2n) is 5.26. The summed E-state index contributed by atoms with van der Waals surface area (Å²) in [5, 5.41) is 2.63. The van der Waals surface area contributed by atoms with E-state index in [1.54, 1.807) is 6.07 Å². The second kappa shape index (κ2) is 8.30. The molecule has 2 amide bonds. The van der Waals surface area contributed by atoms with Crippen LogP contribution in [0.4, 0.5) is 0 Å². The Hall–Kier alpha value is -3.13. The minimum atomic E-state index is -0.517. The minimum absolute atomic E-state index is 0.0615. The number of carbonyl (C=O) groups excluding carboxylic acids is 2. The molecule has 0 spiro atoms. The van der Waals surface area contributed by atoms with E-state index in [9.17, 15) is 9.59 Å². The molecular formula is C18H17N3O4S. The van der Waals surface area contributed by atoms with Crippen LogP contribution in [0.15, 0.2) is 52.5 Å². The smallest absolute Gasteiger partial charge is 0.305 e. The van der Waals surface area contributed by atoms with Crippen LogP contribution in [0.1, 0.15) is 23.2 Å². The zero-order chi connectivity index (χ0) is 18.4. The summed E-state index contributed by atoms with van der Waals surface area (Å²) in [6.07, 6.45) is 1.44. The van der Waals surface area contributed by atoms with Crippen molar-refractivity contribution in [1.29, 1.82) is 0 Å². The zero-order valence-electron chi connectivity index (χ0n) is 14.0. The molecule has 0 saturated carbocycles. The van der Waals surface area contributed by atoms with Crippen LogP contribution in [-0.2, 0) is 11.2 Å². The minimum Gasteiger partial charge on any atom is -0.494 e. The van der Waals surface area contributed by atoms with Gasteiger partial charge in [-0.05, 0) is 43.3 Å². The van der Waals surface area contributed by atoms with Gasteiger partial charge in [0.1, 0.15) is 10.8 Å². The SMILES string of the molecule is CCOc1ccc(-c2nc(CC(=O)NNC(=O)c3ccco3)cs2)cc1. The van der Waals surface area contributed by atoms with Crippen molar-refractivity contribution in [3.05, 3.63) is 59.5 Å². The number of hydrogen-bond acceptors (Lipinski definition) is 6. The fourth-order valence-corrected chi connectivity index (χ4v) is 3.01. The van der Waals surface area contributed by atoms with Gasteiger partial charge < -0.3 is 9.15 Å². The van der Waals surface area contributed by atoms with Crippen LogP contribution in [0.3, 0.4) is 0 Å². The van der Waals surface area contributed by atoms with Crippen molar-refractivity contribution in [2.24, 2.45) is 0 Å². The van der Waals surface area contributed by atoms with Crippen LogP contribution in [0.25, 0.3) is 10.6 Å². The quantitative estimate of drug-likeness (QED) is 0.650.